The summed E-state index contributed by atoms with van der Waals surface area (Å²) in [4.78, 5) is 4.75. The molecule has 3 rings (SSSR count). The van der Waals surface area contributed by atoms with Gasteiger partial charge in [0.15, 0.2) is 0 Å². The van der Waals surface area contributed by atoms with E-state index < -0.39 is 0 Å². The summed E-state index contributed by atoms with van der Waals surface area (Å²) in [6.07, 6.45) is 0.719. The van der Waals surface area contributed by atoms with Gasteiger partial charge >= 0.3 is 0 Å². The first kappa shape index (κ1) is 14.0. The van der Waals surface area contributed by atoms with Crippen LogP contribution < -0.4 is 4.74 Å². The van der Waals surface area contributed by atoms with Gasteiger partial charge in [-0.3, -0.25) is 4.57 Å². The van der Waals surface area contributed by atoms with E-state index in [2.05, 4.69) is 22.8 Å². The van der Waals surface area contributed by atoms with Gasteiger partial charge in [-0.2, -0.15) is 0 Å². The van der Waals surface area contributed by atoms with Gasteiger partial charge in [-0.25, -0.2) is 4.98 Å². The van der Waals surface area contributed by atoms with E-state index in [1.54, 1.807) is 0 Å². The van der Waals surface area contributed by atoms with Crippen LogP contribution in [0.2, 0.25) is 0 Å². The summed E-state index contributed by atoms with van der Waals surface area (Å²) in [5.41, 5.74) is 3.03. The van der Waals surface area contributed by atoms with Crippen LogP contribution in [-0.4, -0.2) is 22.0 Å². The number of fused-ring (bicyclic) bond motifs is 1. The summed E-state index contributed by atoms with van der Waals surface area (Å²) in [6, 6.07) is 16.2. The molecule has 4 heteroatoms. The first-order chi connectivity index (χ1) is 10.3. The van der Waals surface area contributed by atoms with E-state index in [1.807, 2.05) is 37.3 Å². The number of nitrogens with zero attached hydrogens (tertiary/aromatic N) is 2. The Hall–Kier alpha value is -2.00. The van der Waals surface area contributed by atoms with Crippen LogP contribution in [0.1, 0.15) is 12.7 Å². The summed E-state index contributed by atoms with van der Waals surface area (Å²) in [7, 11) is 0. The summed E-state index contributed by atoms with van der Waals surface area (Å²) in [6.45, 7) is 2.61. The molecule has 21 heavy (non-hydrogen) atoms. The van der Waals surface area contributed by atoms with Crippen molar-refractivity contribution < 1.29 is 4.74 Å². The average molecular weight is 301 g/mol. The first-order valence-corrected chi connectivity index (χ1v) is 7.63. The molecule has 0 unspecified atom stereocenters. The van der Waals surface area contributed by atoms with Crippen molar-refractivity contribution in [2.24, 2.45) is 0 Å². The number of hydrogen-bond acceptors (Lipinski definition) is 2. The minimum Gasteiger partial charge on any atom is -0.492 e. The van der Waals surface area contributed by atoms with Gasteiger partial charge in [0, 0.05) is 18.0 Å². The van der Waals surface area contributed by atoms with Crippen LogP contribution in [0.3, 0.4) is 0 Å². The first-order valence-electron chi connectivity index (χ1n) is 7.09. The van der Waals surface area contributed by atoms with E-state index in [0.717, 1.165) is 34.7 Å². The quantitative estimate of drug-likeness (QED) is 0.660. The maximum atomic E-state index is 5.94. The highest BCUT2D eigenvalue weighted by atomic mass is 35.5. The van der Waals surface area contributed by atoms with Crippen LogP contribution >= 0.6 is 11.6 Å². The van der Waals surface area contributed by atoms with E-state index >= 15 is 0 Å². The fraction of sp³-hybridized carbons (Fsp3) is 0.235. The molecule has 0 amide bonds. The van der Waals surface area contributed by atoms with Gasteiger partial charge in [-0.05, 0) is 31.2 Å². The van der Waals surface area contributed by atoms with Gasteiger partial charge < -0.3 is 4.74 Å². The average Bonchev–Trinajstić information content (AvgIpc) is 2.88. The second kappa shape index (κ2) is 6.19. The third-order valence-corrected chi connectivity index (χ3v) is 3.54. The fourth-order valence-electron chi connectivity index (χ4n) is 2.51. The molecule has 0 saturated carbocycles. The molecule has 3 aromatic rings. The van der Waals surface area contributed by atoms with Crippen molar-refractivity contribution in [3.05, 3.63) is 54.4 Å². The number of para-hydroxylation sites is 2. The number of rotatable bonds is 5. The number of alkyl halides is 1. The smallest absolute Gasteiger partial charge is 0.147 e. The molecule has 0 aliphatic carbocycles. The van der Waals surface area contributed by atoms with Gasteiger partial charge in [0.05, 0.1) is 12.1 Å². The highest BCUT2D eigenvalue weighted by Crippen LogP contribution is 2.29. The molecule has 0 spiro atoms. The predicted octanol–water partition coefficient (Wildman–Crippen LogP) is 4.21. The lowest BCUT2D eigenvalue weighted by atomic mass is 10.2. The zero-order valence-corrected chi connectivity index (χ0v) is 12.7. The topological polar surface area (TPSA) is 27.1 Å². The molecular weight excluding hydrogens is 284 g/mol. The van der Waals surface area contributed by atoms with E-state index in [9.17, 15) is 0 Å². The van der Waals surface area contributed by atoms with Crippen LogP contribution in [0.4, 0.5) is 0 Å². The molecule has 0 fully saturated rings. The summed E-state index contributed by atoms with van der Waals surface area (Å²) >= 11 is 5.94. The van der Waals surface area contributed by atoms with Crippen LogP contribution in [0, 0.1) is 0 Å². The molecule has 1 aromatic heterocycles. The summed E-state index contributed by atoms with van der Waals surface area (Å²) in [5.74, 6) is 2.32. The second-order valence-corrected chi connectivity index (χ2v) is 5.07. The Morgan fingerprint density at radius 1 is 1.10 bits per heavy atom. The fourth-order valence-corrected chi connectivity index (χ4v) is 2.68. The highest BCUT2D eigenvalue weighted by Gasteiger charge is 2.15. The Morgan fingerprint density at radius 3 is 2.62 bits per heavy atom. The zero-order chi connectivity index (χ0) is 14.7. The van der Waals surface area contributed by atoms with Gasteiger partial charge in [0.1, 0.15) is 17.1 Å². The maximum absolute atomic E-state index is 5.94. The number of halogens is 1. The predicted molar refractivity (Wildman–Crippen MR) is 86.7 cm³/mol. The van der Waals surface area contributed by atoms with Crippen molar-refractivity contribution in [1.82, 2.24) is 9.55 Å². The summed E-state index contributed by atoms with van der Waals surface area (Å²) < 4.78 is 7.85. The number of ether oxygens (including phenoxy) is 1. The molecule has 0 atom stereocenters. The van der Waals surface area contributed by atoms with Gasteiger partial charge in [-0.1, -0.05) is 24.3 Å². The van der Waals surface area contributed by atoms with E-state index in [0.29, 0.717) is 12.5 Å². The molecular formula is C17H17ClN2O. The standard InChI is InChI=1S/C17H17ClN2O/c1-2-21-15-10-6-9-14-17(15)19-16(11-12-18)20(14)13-7-4-3-5-8-13/h3-10H,2,11-12H2,1H3. The Labute approximate surface area is 129 Å². The Kier molecular flexibility index (Phi) is 4.11. The molecule has 0 radical (unpaired) electrons. The monoisotopic (exact) mass is 300 g/mol. The molecule has 1 heterocycles. The summed E-state index contributed by atoms with van der Waals surface area (Å²) in [5, 5.41) is 0. The van der Waals surface area contributed by atoms with Crippen molar-refractivity contribution in [3.63, 3.8) is 0 Å². The second-order valence-electron chi connectivity index (χ2n) is 4.69. The Morgan fingerprint density at radius 2 is 1.90 bits per heavy atom. The van der Waals surface area contributed by atoms with E-state index in [-0.39, 0.29) is 0 Å². The molecule has 0 saturated heterocycles. The zero-order valence-electron chi connectivity index (χ0n) is 11.9. The van der Waals surface area contributed by atoms with Crippen molar-refractivity contribution in [1.29, 1.82) is 0 Å². The minimum absolute atomic E-state index is 0.542. The number of aryl methyl sites for hydroxylation is 1. The number of benzene rings is 2. The Balaban J connectivity index is 2.25. The number of imidazole rings is 1. The van der Waals surface area contributed by atoms with Crippen molar-refractivity contribution >= 4 is 22.6 Å². The van der Waals surface area contributed by atoms with E-state index in [4.69, 9.17) is 21.3 Å². The SMILES string of the molecule is CCOc1cccc2c1nc(CCCl)n2-c1ccccc1. The number of hydrogen-bond donors (Lipinski definition) is 0. The Bertz CT molecular complexity index is 737. The normalized spacial score (nSPS) is 11.0. The largest absolute Gasteiger partial charge is 0.492 e. The number of aromatic nitrogens is 2. The van der Waals surface area contributed by atoms with Crippen molar-refractivity contribution in [2.75, 3.05) is 12.5 Å². The molecule has 0 bridgehead atoms. The van der Waals surface area contributed by atoms with Crippen molar-refractivity contribution in [3.8, 4) is 11.4 Å². The lowest BCUT2D eigenvalue weighted by molar-refractivity contribution is 0.343. The van der Waals surface area contributed by atoms with Gasteiger partial charge in [-0.15, -0.1) is 11.6 Å². The van der Waals surface area contributed by atoms with Crippen LogP contribution in [0.25, 0.3) is 16.7 Å². The van der Waals surface area contributed by atoms with Crippen LogP contribution in [0.15, 0.2) is 48.5 Å². The molecule has 108 valence electrons. The van der Waals surface area contributed by atoms with Crippen molar-refractivity contribution in [2.45, 2.75) is 13.3 Å². The van der Waals surface area contributed by atoms with Gasteiger partial charge in [0.2, 0.25) is 0 Å². The maximum Gasteiger partial charge on any atom is 0.147 e. The minimum atomic E-state index is 0.542. The highest BCUT2D eigenvalue weighted by molar-refractivity contribution is 6.18. The molecule has 0 N–H and O–H groups in total. The molecule has 2 aromatic carbocycles. The molecule has 0 aliphatic rings. The molecule has 0 aliphatic heterocycles. The van der Waals surface area contributed by atoms with Crippen LogP contribution in [0.5, 0.6) is 5.75 Å². The lowest BCUT2D eigenvalue weighted by Crippen LogP contribution is -2.01. The third kappa shape index (κ3) is 2.61. The van der Waals surface area contributed by atoms with E-state index in [1.165, 1.54) is 0 Å². The van der Waals surface area contributed by atoms with Crippen LogP contribution in [-0.2, 0) is 6.42 Å². The lowest BCUT2D eigenvalue weighted by Gasteiger charge is -2.08. The third-order valence-electron chi connectivity index (χ3n) is 3.35. The molecule has 3 nitrogen and oxygen atoms in total. The van der Waals surface area contributed by atoms with Gasteiger partial charge in [0.25, 0.3) is 0 Å².